The van der Waals surface area contributed by atoms with Crippen molar-refractivity contribution in [3.8, 4) is 5.75 Å². The number of hydrogen-bond acceptors (Lipinski definition) is 2. The van der Waals surface area contributed by atoms with Crippen LogP contribution in [-0.4, -0.2) is 17.2 Å². The van der Waals surface area contributed by atoms with Crippen molar-refractivity contribution in [2.45, 2.75) is 18.9 Å². The van der Waals surface area contributed by atoms with Crippen LogP contribution < -0.4 is 4.74 Å². The first-order valence-corrected chi connectivity index (χ1v) is 5.82. The van der Waals surface area contributed by atoms with Crippen LogP contribution in [0.2, 0.25) is 0 Å². The summed E-state index contributed by atoms with van der Waals surface area (Å²) in [6.45, 7) is 0. The minimum absolute atomic E-state index is 0.117. The molecule has 0 aromatic heterocycles. The van der Waals surface area contributed by atoms with Gasteiger partial charge in [-0.05, 0) is 25.0 Å². The molecule has 92 valence electrons. The molecule has 1 saturated carbocycles. The molecule has 0 aliphatic heterocycles. The minimum atomic E-state index is -1.17. The smallest absolute Gasteiger partial charge is 0.345 e. The fourth-order valence-electron chi connectivity index (χ4n) is 1.50. The molecule has 6 heteroatoms. The van der Waals surface area contributed by atoms with E-state index >= 15 is 0 Å². The van der Waals surface area contributed by atoms with Crippen LogP contribution in [-0.2, 0) is 4.79 Å². The number of benzene rings is 1. The normalized spacial score (nSPS) is 16.6. The highest BCUT2D eigenvalue weighted by Crippen LogP contribution is 2.36. The van der Waals surface area contributed by atoms with Crippen molar-refractivity contribution in [1.82, 2.24) is 0 Å². The van der Waals surface area contributed by atoms with Crippen molar-refractivity contribution in [2.24, 2.45) is 5.92 Å². The topological polar surface area (TPSA) is 46.5 Å². The second kappa shape index (κ2) is 4.60. The number of carbonyl (C=O) groups is 1. The van der Waals surface area contributed by atoms with Crippen molar-refractivity contribution in [3.63, 3.8) is 0 Å². The molecule has 0 radical (unpaired) electrons. The Labute approximate surface area is 105 Å². The Kier molecular flexibility index (Phi) is 3.33. The highest BCUT2D eigenvalue weighted by molar-refractivity contribution is 9.10. The van der Waals surface area contributed by atoms with E-state index < -0.39 is 23.7 Å². The third-order valence-electron chi connectivity index (χ3n) is 2.51. The number of halogens is 3. The van der Waals surface area contributed by atoms with Gasteiger partial charge >= 0.3 is 5.97 Å². The molecule has 0 bridgehead atoms. The van der Waals surface area contributed by atoms with Crippen molar-refractivity contribution in [3.05, 3.63) is 28.2 Å². The molecule has 1 aliphatic rings. The van der Waals surface area contributed by atoms with Gasteiger partial charge in [-0.15, -0.1) is 0 Å². The molecular formula is C11H9BrF2O3. The maximum Gasteiger partial charge on any atom is 0.345 e. The van der Waals surface area contributed by atoms with Gasteiger partial charge in [-0.3, -0.25) is 0 Å². The Morgan fingerprint density at radius 2 is 2.12 bits per heavy atom. The summed E-state index contributed by atoms with van der Waals surface area (Å²) in [4.78, 5) is 10.9. The van der Waals surface area contributed by atoms with Gasteiger partial charge in [0.25, 0.3) is 0 Å². The summed E-state index contributed by atoms with van der Waals surface area (Å²) in [5.41, 5.74) is 0. The average molecular weight is 307 g/mol. The molecule has 1 fully saturated rings. The summed E-state index contributed by atoms with van der Waals surface area (Å²) >= 11 is 2.99. The van der Waals surface area contributed by atoms with Crippen LogP contribution in [0.25, 0.3) is 0 Å². The molecule has 1 aromatic rings. The number of ether oxygens (including phenoxy) is 1. The number of hydrogen-bond donors (Lipinski definition) is 1. The van der Waals surface area contributed by atoms with E-state index in [0.29, 0.717) is 4.47 Å². The van der Waals surface area contributed by atoms with Crippen LogP contribution in [0, 0.1) is 17.6 Å². The molecule has 1 unspecified atom stereocenters. The molecule has 17 heavy (non-hydrogen) atoms. The SMILES string of the molecule is O=C(O)C(Oc1cc(Br)cc(F)c1F)C1CC1. The van der Waals surface area contributed by atoms with Gasteiger partial charge in [0.15, 0.2) is 17.7 Å². The van der Waals surface area contributed by atoms with Gasteiger partial charge in [0.1, 0.15) is 0 Å². The maximum absolute atomic E-state index is 13.4. The second-order valence-corrected chi connectivity index (χ2v) is 4.83. The molecule has 1 aliphatic carbocycles. The van der Waals surface area contributed by atoms with Crippen LogP contribution in [0.15, 0.2) is 16.6 Å². The van der Waals surface area contributed by atoms with Gasteiger partial charge in [-0.25, -0.2) is 9.18 Å². The van der Waals surface area contributed by atoms with Gasteiger partial charge < -0.3 is 9.84 Å². The van der Waals surface area contributed by atoms with Gasteiger partial charge in [0.05, 0.1) is 0 Å². The Bertz CT molecular complexity index is 460. The van der Waals surface area contributed by atoms with E-state index in [2.05, 4.69) is 15.9 Å². The van der Waals surface area contributed by atoms with E-state index in [1.54, 1.807) is 0 Å². The van der Waals surface area contributed by atoms with Gasteiger partial charge in [-0.1, -0.05) is 15.9 Å². The monoisotopic (exact) mass is 306 g/mol. The molecule has 0 heterocycles. The zero-order chi connectivity index (χ0) is 12.6. The van der Waals surface area contributed by atoms with Crippen molar-refractivity contribution in [2.75, 3.05) is 0 Å². The third-order valence-corrected chi connectivity index (χ3v) is 2.96. The van der Waals surface area contributed by atoms with Crippen LogP contribution in [0.3, 0.4) is 0 Å². The van der Waals surface area contributed by atoms with E-state index in [0.717, 1.165) is 18.9 Å². The van der Waals surface area contributed by atoms with E-state index in [1.165, 1.54) is 6.07 Å². The molecule has 1 N–H and O–H groups in total. The fourth-order valence-corrected chi connectivity index (χ4v) is 1.91. The Morgan fingerprint density at radius 1 is 1.47 bits per heavy atom. The first kappa shape index (κ1) is 12.3. The second-order valence-electron chi connectivity index (χ2n) is 3.91. The van der Waals surface area contributed by atoms with Crippen LogP contribution in [0.4, 0.5) is 8.78 Å². The lowest BCUT2D eigenvalue weighted by atomic mass is 10.2. The Hall–Kier alpha value is -1.17. The number of rotatable bonds is 4. The fraction of sp³-hybridized carbons (Fsp3) is 0.364. The van der Waals surface area contributed by atoms with Crippen LogP contribution >= 0.6 is 15.9 Å². The van der Waals surface area contributed by atoms with E-state index in [1.807, 2.05) is 0 Å². The molecule has 1 atom stereocenters. The van der Waals surface area contributed by atoms with Crippen LogP contribution in [0.5, 0.6) is 5.75 Å². The van der Waals surface area contributed by atoms with Crippen molar-refractivity contribution < 1.29 is 23.4 Å². The van der Waals surface area contributed by atoms with E-state index in [4.69, 9.17) is 9.84 Å². The first-order valence-electron chi connectivity index (χ1n) is 5.03. The summed E-state index contributed by atoms with van der Waals surface area (Å²) in [6, 6.07) is 2.17. The molecule has 1 aromatic carbocycles. The number of carboxylic acids is 1. The standard InChI is InChI=1S/C11H9BrF2O3/c12-6-3-7(13)9(14)8(4-6)17-10(11(15)16)5-1-2-5/h3-5,10H,1-2H2,(H,15,16). The predicted molar refractivity (Wildman–Crippen MR) is 58.8 cm³/mol. The summed E-state index contributed by atoms with van der Waals surface area (Å²) in [5, 5.41) is 8.92. The zero-order valence-electron chi connectivity index (χ0n) is 8.62. The summed E-state index contributed by atoms with van der Waals surface area (Å²) in [5.74, 6) is -3.90. The average Bonchev–Trinajstić information content (AvgIpc) is 3.04. The zero-order valence-corrected chi connectivity index (χ0v) is 10.2. The van der Waals surface area contributed by atoms with Crippen molar-refractivity contribution >= 4 is 21.9 Å². The Balaban J connectivity index is 2.25. The third kappa shape index (κ3) is 2.74. The summed E-state index contributed by atoms with van der Waals surface area (Å²) in [6.07, 6.45) is 0.350. The summed E-state index contributed by atoms with van der Waals surface area (Å²) in [7, 11) is 0. The minimum Gasteiger partial charge on any atom is -0.478 e. The van der Waals surface area contributed by atoms with E-state index in [-0.39, 0.29) is 11.7 Å². The van der Waals surface area contributed by atoms with Crippen LogP contribution in [0.1, 0.15) is 12.8 Å². The molecule has 3 nitrogen and oxygen atoms in total. The van der Waals surface area contributed by atoms with Gasteiger partial charge in [0, 0.05) is 10.4 Å². The largest absolute Gasteiger partial charge is 0.478 e. The maximum atomic E-state index is 13.4. The lowest BCUT2D eigenvalue weighted by molar-refractivity contribution is -0.146. The lowest BCUT2D eigenvalue weighted by Gasteiger charge is -2.15. The molecule has 0 spiro atoms. The lowest BCUT2D eigenvalue weighted by Crippen LogP contribution is -2.29. The molecule has 0 saturated heterocycles. The van der Waals surface area contributed by atoms with E-state index in [9.17, 15) is 13.6 Å². The van der Waals surface area contributed by atoms with Gasteiger partial charge in [0.2, 0.25) is 5.82 Å². The predicted octanol–water partition coefficient (Wildman–Crippen LogP) is 2.97. The molecular weight excluding hydrogens is 298 g/mol. The van der Waals surface area contributed by atoms with Gasteiger partial charge in [-0.2, -0.15) is 4.39 Å². The van der Waals surface area contributed by atoms with Crippen molar-refractivity contribution in [1.29, 1.82) is 0 Å². The number of aliphatic carboxylic acids is 1. The Morgan fingerprint density at radius 3 is 2.65 bits per heavy atom. The molecule has 2 rings (SSSR count). The molecule has 0 amide bonds. The number of carboxylic acid groups (broad SMARTS) is 1. The first-order chi connectivity index (χ1) is 7.99. The quantitative estimate of drug-likeness (QED) is 0.870. The summed E-state index contributed by atoms with van der Waals surface area (Å²) < 4.78 is 31.8. The highest BCUT2D eigenvalue weighted by atomic mass is 79.9. The highest BCUT2D eigenvalue weighted by Gasteiger charge is 2.38.